The fraction of sp³-hybridized carbons (Fsp3) is 0.172. The van der Waals surface area contributed by atoms with Crippen LogP contribution in [0, 0.1) is 6.92 Å². The Morgan fingerprint density at radius 2 is 1.34 bits per heavy atom. The molecule has 4 rings (SSSR count). The summed E-state index contributed by atoms with van der Waals surface area (Å²) in [6.07, 6.45) is 0. The lowest BCUT2D eigenvalue weighted by molar-refractivity contribution is -0.117. The van der Waals surface area contributed by atoms with Gasteiger partial charge in [-0.3, -0.25) is 9.69 Å². The molecular formula is C29H28N2O3S. The first-order valence-corrected chi connectivity index (χ1v) is 12.2. The van der Waals surface area contributed by atoms with E-state index in [1.54, 1.807) is 0 Å². The number of nitrogens with zero attached hydrogens (tertiary/aromatic N) is 1. The zero-order chi connectivity index (χ0) is 24.6. The number of anilines is 1. The number of hydrogen-bond donors (Lipinski definition) is 1. The van der Waals surface area contributed by atoms with Crippen molar-refractivity contribution in [1.29, 1.82) is 0 Å². The molecule has 178 valence electrons. The van der Waals surface area contributed by atoms with Gasteiger partial charge in [0.2, 0.25) is 5.91 Å². The number of ether oxygens (including phenoxy) is 1. The molecule has 0 aliphatic rings. The molecule has 0 spiro atoms. The van der Waals surface area contributed by atoms with Gasteiger partial charge in [0.15, 0.2) is 0 Å². The SMILES string of the molecule is COC(=O)c1c(NC(=O)CN(Cc2ccccc2)Cc2ccccc2)sc(C)c1-c1ccccc1. The summed E-state index contributed by atoms with van der Waals surface area (Å²) in [6.45, 7) is 3.39. The third-order valence-corrected chi connectivity index (χ3v) is 6.68. The molecular weight excluding hydrogens is 456 g/mol. The summed E-state index contributed by atoms with van der Waals surface area (Å²) in [5.41, 5.74) is 4.36. The van der Waals surface area contributed by atoms with E-state index in [0.29, 0.717) is 23.7 Å². The zero-order valence-corrected chi connectivity index (χ0v) is 20.7. The number of carbonyl (C=O) groups excluding carboxylic acids is 2. The topological polar surface area (TPSA) is 58.6 Å². The van der Waals surface area contributed by atoms with Crippen LogP contribution < -0.4 is 5.32 Å². The van der Waals surface area contributed by atoms with Gasteiger partial charge in [-0.1, -0.05) is 91.0 Å². The molecule has 3 aromatic carbocycles. The molecule has 0 aliphatic heterocycles. The minimum Gasteiger partial charge on any atom is -0.465 e. The van der Waals surface area contributed by atoms with Gasteiger partial charge >= 0.3 is 5.97 Å². The Labute approximate surface area is 210 Å². The molecule has 0 aliphatic carbocycles. The van der Waals surface area contributed by atoms with E-state index >= 15 is 0 Å². The second kappa shape index (κ2) is 11.6. The molecule has 4 aromatic rings. The van der Waals surface area contributed by atoms with Crippen molar-refractivity contribution >= 4 is 28.2 Å². The van der Waals surface area contributed by atoms with Gasteiger partial charge in [0.05, 0.1) is 13.7 Å². The number of benzene rings is 3. The van der Waals surface area contributed by atoms with Crippen molar-refractivity contribution in [2.24, 2.45) is 0 Å². The van der Waals surface area contributed by atoms with Crippen molar-refractivity contribution in [3.63, 3.8) is 0 Å². The smallest absolute Gasteiger partial charge is 0.341 e. The zero-order valence-electron chi connectivity index (χ0n) is 19.9. The highest BCUT2D eigenvalue weighted by Crippen LogP contribution is 2.40. The van der Waals surface area contributed by atoms with Crippen LogP contribution in [0.5, 0.6) is 0 Å². The van der Waals surface area contributed by atoms with Crippen LogP contribution in [-0.2, 0) is 22.6 Å². The summed E-state index contributed by atoms with van der Waals surface area (Å²) in [7, 11) is 1.36. The molecule has 0 unspecified atom stereocenters. The molecule has 0 bridgehead atoms. The number of carbonyl (C=O) groups is 2. The maximum Gasteiger partial charge on any atom is 0.341 e. The van der Waals surface area contributed by atoms with Crippen LogP contribution >= 0.6 is 11.3 Å². The predicted octanol–water partition coefficient (Wildman–Crippen LogP) is 6.15. The Kier molecular flexibility index (Phi) is 8.08. The molecule has 1 aromatic heterocycles. The molecule has 0 fully saturated rings. The number of hydrogen-bond acceptors (Lipinski definition) is 5. The van der Waals surface area contributed by atoms with Gasteiger partial charge in [-0.2, -0.15) is 0 Å². The summed E-state index contributed by atoms with van der Waals surface area (Å²) in [5, 5.41) is 3.51. The number of esters is 1. The molecule has 0 saturated heterocycles. The van der Waals surface area contributed by atoms with E-state index in [1.807, 2.05) is 73.7 Å². The van der Waals surface area contributed by atoms with E-state index in [2.05, 4.69) is 34.5 Å². The van der Waals surface area contributed by atoms with Crippen LogP contribution in [0.3, 0.4) is 0 Å². The van der Waals surface area contributed by atoms with E-state index in [-0.39, 0.29) is 12.5 Å². The van der Waals surface area contributed by atoms with Crippen molar-refractivity contribution < 1.29 is 14.3 Å². The largest absolute Gasteiger partial charge is 0.465 e. The molecule has 6 heteroatoms. The molecule has 1 heterocycles. The maximum atomic E-state index is 13.2. The van der Waals surface area contributed by atoms with Gasteiger partial charge in [-0.25, -0.2) is 4.79 Å². The fourth-order valence-electron chi connectivity index (χ4n) is 4.10. The van der Waals surface area contributed by atoms with Gasteiger partial charge in [-0.05, 0) is 23.6 Å². The van der Waals surface area contributed by atoms with Crippen molar-refractivity contribution in [1.82, 2.24) is 4.90 Å². The van der Waals surface area contributed by atoms with E-state index in [9.17, 15) is 9.59 Å². The first-order chi connectivity index (χ1) is 17.0. The second-order valence-electron chi connectivity index (χ2n) is 8.26. The van der Waals surface area contributed by atoms with Gasteiger partial charge < -0.3 is 10.1 Å². The second-order valence-corrected chi connectivity index (χ2v) is 9.48. The minimum atomic E-state index is -0.464. The van der Waals surface area contributed by atoms with Gasteiger partial charge in [0.1, 0.15) is 10.6 Å². The number of aryl methyl sites for hydroxylation is 1. The van der Waals surface area contributed by atoms with Crippen LogP contribution in [0.4, 0.5) is 5.00 Å². The number of amides is 1. The number of rotatable bonds is 9. The Morgan fingerprint density at radius 3 is 1.86 bits per heavy atom. The van der Waals surface area contributed by atoms with E-state index < -0.39 is 5.97 Å². The predicted molar refractivity (Wildman–Crippen MR) is 141 cm³/mol. The third-order valence-electron chi connectivity index (χ3n) is 5.65. The Balaban J connectivity index is 1.58. The Hall–Kier alpha value is -3.74. The molecule has 0 saturated carbocycles. The van der Waals surface area contributed by atoms with Crippen molar-refractivity contribution in [2.45, 2.75) is 20.0 Å². The molecule has 5 nitrogen and oxygen atoms in total. The number of methoxy groups -OCH3 is 1. The lowest BCUT2D eigenvalue weighted by Crippen LogP contribution is -2.32. The van der Waals surface area contributed by atoms with Crippen LogP contribution in [0.25, 0.3) is 11.1 Å². The summed E-state index contributed by atoms with van der Waals surface area (Å²) in [6, 6.07) is 29.9. The van der Waals surface area contributed by atoms with Crippen LogP contribution in [0.1, 0.15) is 26.4 Å². The lowest BCUT2D eigenvalue weighted by atomic mass is 10.0. The quantitative estimate of drug-likeness (QED) is 0.290. The van der Waals surface area contributed by atoms with Crippen molar-refractivity contribution in [3.05, 3.63) is 113 Å². The van der Waals surface area contributed by atoms with Crippen LogP contribution in [0.15, 0.2) is 91.0 Å². The number of nitrogens with one attached hydrogen (secondary N) is 1. The maximum absolute atomic E-state index is 13.2. The standard InChI is InChI=1S/C29H28N2O3S/c1-21-26(24-16-10-5-11-17-24)27(29(33)34-2)28(35-21)30-25(32)20-31(18-22-12-6-3-7-13-22)19-23-14-8-4-9-15-23/h3-17H,18-20H2,1-2H3,(H,30,32). The molecule has 35 heavy (non-hydrogen) atoms. The summed E-state index contributed by atoms with van der Waals surface area (Å²) >= 11 is 1.39. The van der Waals surface area contributed by atoms with Crippen molar-refractivity contribution in [2.75, 3.05) is 19.0 Å². The highest BCUT2D eigenvalue weighted by molar-refractivity contribution is 7.17. The first-order valence-electron chi connectivity index (χ1n) is 11.4. The molecule has 1 N–H and O–H groups in total. The third kappa shape index (κ3) is 6.23. The number of thiophene rings is 1. The fourth-order valence-corrected chi connectivity index (χ4v) is 5.18. The Morgan fingerprint density at radius 1 is 0.829 bits per heavy atom. The van der Waals surface area contributed by atoms with Crippen LogP contribution in [0.2, 0.25) is 0 Å². The highest BCUT2D eigenvalue weighted by Gasteiger charge is 2.25. The minimum absolute atomic E-state index is 0.178. The van der Waals surface area contributed by atoms with Crippen LogP contribution in [-0.4, -0.2) is 30.4 Å². The highest BCUT2D eigenvalue weighted by atomic mass is 32.1. The van der Waals surface area contributed by atoms with E-state index in [4.69, 9.17) is 4.74 Å². The monoisotopic (exact) mass is 484 g/mol. The van der Waals surface area contributed by atoms with E-state index in [0.717, 1.165) is 27.1 Å². The van der Waals surface area contributed by atoms with Gasteiger partial charge in [-0.15, -0.1) is 11.3 Å². The average Bonchev–Trinajstić information content (AvgIpc) is 3.20. The normalized spacial score (nSPS) is 10.8. The van der Waals surface area contributed by atoms with Gasteiger partial charge in [0, 0.05) is 23.5 Å². The van der Waals surface area contributed by atoms with Crippen molar-refractivity contribution in [3.8, 4) is 11.1 Å². The lowest BCUT2D eigenvalue weighted by Gasteiger charge is -2.22. The Bertz CT molecular complexity index is 1230. The summed E-state index contributed by atoms with van der Waals surface area (Å²) in [4.78, 5) is 29.0. The molecule has 0 radical (unpaired) electrons. The first kappa shape index (κ1) is 24.4. The summed E-state index contributed by atoms with van der Waals surface area (Å²) in [5.74, 6) is -0.642. The van der Waals surface area contributed by atoms with Gasteiger partial charge in [0.25, 0.3) is 0 Å². The summed E-state index contributed by atoms with van der Waals surface area (Å²) < 4.78 is 5.08. The van der Waals surface area contributed by atoms with E-state index in [1.165, 1.54) is 18.4 Å². The average molecular weight is 485 g/mol. The molecule has 0 atom stereocenters. The molecule has 1 amide bonds.